The van der Waals surface area contributed by atoms with Crippen molar-refractivity contribution in [3.8, 4) is 0 Å². The van der Waals surface area contributed by atoms with Crippen LogP contribution in [0.1, 0.15) is 234 Å². The van der Waals surface area contributed by atoms with Gasteiger partial charge < -0.3 is 220 Å². The van der Waals surface area contributed by atoms with Crippen LogP contribution in [-0.4, -0.2) is 465 Å². The number of carboxylic acids is 3. The molecular weight excluding hydrogens is 1960 g/mol. The third-order valence-electron chi connectivity index (χ3n) is 27.5. The number of amides is 4. The molecule has 0 saturated carbocycles. The number of aliphatic carboxylic acids is 3. The maximum Gasteiger partial charge on any atom is 0.364 e. The van der Waals surface area contributed by atoms with Crippen molar-refractivity contribution in [3.05, 3.63) is 24.3 Å². The Morgan fingerprint density at radius 1 is 0.388 bits per heavy atom. The van der Waals surface area contributed by atoms with Gasteiger partial charge in [0.25, 0.3) is 17.4 Å². The molecule has 40 unspecified atom stereocenters. The second-order valence-corrected chi connectivity index (χ2v) is 39.2. The average Bonchev–Trinajstić information content (AvgIpc) is 0.739. The van der Waals surface area contributed by atoms with Gasteiger partial charge in [-0.15, -0.1) is 0 Å². The molecule has 0 bridgehead atoms. The van der Waals surface area contributed by atoms with E-state index in [0.717, 1.165) is 124 Å². The molecular formula is C96H164N4O47. The summed E-state index contributed by atoms with van der Waals surface area (Å²) in [5.74, 6) is -24.3. The Balaban J connectivity index is 1.24. The molecule has 0 radical (unpaired) electrons. The maximum atomic E-state index is 14.7. The van der Waals surface area contributed by atoms with Gasteiger partial charge in [0.05, 0.1) is 108 Å². The van der Waals surface area contributed by atoms with Crippen LogP contribution in [0, 0.1) is 5.92 Å². The van der Waals surface area contributed by atoms with Crippen LogP contribution in [-0.2, 0) is 105 Å². The van der Waals surface area contributed by atoms with Crippen molar-refractivity contribution >= 4 is 47.3 Å². The highest BCUT2D eigenvalue weighted by molar-refractivity contribution is 5.79. The maximum absolute atomic E-state index is 14.7. The number of aliphatic hydroxyl groups is 22. The monoisotopic (exact) mass is 2130 g/mol. The van der Waals surface area contributed by atoms with E-state index in [9.17, 15) is 166 Å². The van der Waals surface area contributed by atoms with Gasteiger partial charge in [0.2, 0.25) is 23.6 Å². The number of ether oxygens (including phenoxy) is 14. The van der Waals surface area contributed by atoms with Crippen molar-refractivity contribution in [1.29, 1.82) is 0 Å². The minimum atomic E-state index is -3.81. The minimum Gasteiger partial charge on any atom is -0.477 e. The van der Waals surface area contributed by atoms with Gasteiger partial charge in [-0.1, -0.05) is 154 Å². The van der Waals surface area contributed by atoms with Crippen LogP contribution in [0.5, 0.6) is 0 Å². The van der Waals surface area contributed by atoms with E-state index in [1.165, 1.54) is 57.4 Å². The molecule has 51 heteroatoms. The number of nitrogens with one attached hydrogen (secondary N) is 4. The SMILES string of the molecule is CCCCCCC=CCCCCCCCCCC(=O)NC(COC1OC(CO)C(OC2OC(CO)C(OC3OC(CO)C(O)C(OC4OC(CO)C(O)C(O)C4O)C3CC(C)=O)C(OC3(C(=O)O)CC(O)C(NC(C)=O)C(C(O)C(CO)OC4(C(=O)O)CC(O)C(NC(C)=O)C(C(O)C(CO)OC5(C(=O)O)CC(O)C(NC(C)=O)C(C(O)C(O)CO)O5)O4)O3)C2O)C(O)C1O)C(O)C=CCCCCCCCCCCCCC. The van der Waals surface area contributed by atoms with E-state index < -0.39 is 369 Å². The van der Waals surface area contributed by atoms with Gasteiger partial charge in [0, 0.05) is 58.8 Å². The molecule has 0 aliphatic carbocycles. The van der Waals surface area contributed by atoms with Gasteiger partial charge in [-0.25, -0.2) is 14.4 Å². The molecule has 0 aromatic carbocycles. The van der Waals surface area contributed by atoms with Gasteiger partial charge in [-0.2, -0.15) is 0 Å². The highest BCUT2D eigenvalue weighted by atomic mass is 16.8. The van der Waals surface area contributed by atoms with E-state index >= 15 is 0 Å². The first-order valence-corrected chi connectivity index (χ1v) is 51.2. The number of hydrogen-bond donors (Lipinski definition) is 29. The van der Waals surface area contributed by atoms with Crippen LogP contribution >= 0.6 is 0 Å². The molecule has 7 aliphatic rings. The largest absolute Gasteiger partial charge is 0.477 e. The second-order valence-electron chi connectivity index (χ2n) is 39.2. The topological polar surface area (TPSA) is 820 Å². The summed E-state index contributed by atoms with van der Waals surface area (Å²) in [6.07, 6.45) is -46.0. The Hall–Kier alpha value is -6.00. The van der Waals surface area contributed by atoms with Crippen LogP contribution in [0.4, 0.5) is 0 Å². The summed E-state index contributed by atoms with van der Waals surface area (Å²) < 4.78 is 84.4. The van der Waals surface area contributed by atoms with Gasteiger partial charge in [0.1, 0.15) is 146 Å². The molecule has 7 rings (SSSR count). The summed E-state index contributed by atoms with van der Waals surface area (Å²) in [5, 5.41) is 296. The fourth-order valence-corrected chi connectivity index (χ4v) is 19.4. The predicted molar refractivity (Wildman–Crippen MR) is 502 cm³/mol. The third kappa shape index (κ3) is 36.0. The summed E-state index contributed by atoms with van der Waals surface area (Å²) in [6, 6.07) is -7.46. The van der Waals surface area contributed by atoms with E-state index in [2.05, 4.69) is 47.3 Å². The predicted octanol–water partition coefficient (Wildman–Crippen LogP) is -5.83. The van der Waals surface area contributed by atoms with Gasteiger partial charge >= 0.3 is 17.9 Å². The lowest BCUT2D eigenvalue weighted by molar-refractivity contribution is -0.407. The van der Waals surface area contributed by atoms with Crippen molar-refractivity contribution in [2.45, 2.75) is 472 Å². The zero-order chi connectivity index (χ0) is 109. The third-order valence-corrected chi connectivity index (χ3v) is 27.5. The highest BCUT2D eigenvalue weighted by Gasteiger charge is 2.66. The number of carbonyl (C=O) groups excluding carboxylic acids is 5. The molecule has 7 saturated heterocycles. The highest BCUT2D eigenvalue weighted by Crippen LogP contribution is 2.46. The lowest BCUT2D eigenvalue weighted by Crippen LogP contribution is -2.72. The summed E-state index contributed by atoms with van der Waals surface area (Å²) in [4.78, 5) is 108. The zero-order valence-electron chi connectivity index (χ0n) is 84.2. The first-order valence-electron chi connectivity index (χ1n) is 51.2. The molecule has 0 aromatic heterocycles. The normalized spacial score (nSPS) is 35.6. The Bertz CT molecular complexity index is 3960. The molecule has 850 valence electrons. The number of hydrogen-bond acceptors (Lipinski definition) is 44. The van der Waals surface area contributed by atoms with E-state index in [4.69, 9.17) is 66.3 Å². The molecule has 0 aromatic rings. The number of Topliss-reactive ketones (excluding diaryl/α,β-unsaturated/α-hetero) is 1. The lowest BCUT2D eigenvalue weighted by atomic mass is 9.86. The number of unbranched alkanes of at least 4 members (excludes halogenated alkanes) is 22. The van der Waals surface area contributed by atoms with Crippen LogP contribution in [0.2, 0.25) is 0 Å². The lowest BCUT2D eigenvalue weighted by Gasteiger charge is -2.53. The fraction of sp³-hybridized carbons (Fsp3) is 0.875. The summed E-state index contributed by atoms with van der Waals surface area (Å²) >= 11 is 0. The number of ketones is 1. The van der Waals surface area contributed by atoms with E-state index in [0.29, 0.717) is 12.8 Å². The van der Waals surface area contributed by atoms with Crippen molar-refractivity contribution in [2.75, 3.05) is 52.9 Å². The standard InChI is InChI=1S/C96H164N4O47/c1-7-9-11-13-15-17-19-21-22-24-26-28-30-32-34-36-66(117)100-54(55(112)35-33-31-29-27-25-23-20-18-16-14-12-10-8-2)48-134-88-78(126)76(124)81(64(46-106)137-88)140-90-79(127)86(82(65(47-107)138-90)141-87-53(37-49(3)108)80(72(120)61(43-103)135-87)139-89-77(125)75(123)71(119)60(42-102)136-89)147-96(93(132)133)40-58(115)69(99-52(6)111)85(146-96)74(122)63(45-105)143-95(92(130)131)39-57(114)68(98-51(5)110)84(145-95)73(121)62(44-104)142-94(91(128)129)38-56(113)67(97-50(4)109)83(144-94)70(118)59(116)41-101/h17,19,33,35,53-65,67-90,101-107,112-116,118-127H,7-16,18,20-32,34,36-48H2,1-6H3,(H,97,109)(H,98,110)(H,99,111)(H,100,117)(H,128,129)(H,130,131)(H,132,133). The summed E-state index contributed by atoms with van der Waals surface area (Å²) in [6.45, 7) is -2.21. The zero-order valence-corrected chi connectivity index (χ0v) is 84.2. The first-order chi connectivity index (χ1) is 69.9. The van der Waals surface area contributed by atoms with Gasteiger partial charge in [-0.3, -0.25) is 19.2 Å². The van der Waals surface area contributed by atoms with Crippen LogP contribution in [0.15, 0.2) is 24.3 Å². The second kappa shape index (κ2) is 63.1. The van der Waals surface area contributed by atoms with Gasteiger partial charge in [-0.05, 0) is 51.9 Å². The molecule has 29 N–H and O–H groups in total. The Morgan fingerprint density at radius 2 is 0.762 bits per heavy atom. The molecule has 147 heavy (non-hydrogen) atoms. The summed E-state index contributed by atoms with van der Waals surface area (Å²) in [5.41, 5.74) is 0. The Kier molecular flexibility index (Phi) is 54.9. The number of aliphatic hydroxyl groups excluding tert-OH is 22. The van der Waals surface area contributed by atoms with Crippen molar-refractivity contribution in [1.82, 2.24) is 21.3 Å². The van der Waals surface area contributed by atoms with Crippen LogP contribution < -0.4 is 21.3 Å². The molecule has 4 amide bonds. The van der Waals surface area contributed by atoms with Crippen LogP contribution in [0.25, 0.3) is 0 Å². The van der Waals surface area contributed by atoms with Crippen molar-refractivity contribution < 1.29 is 232 Å². The minimum absolute atomic E-state index is 0.0468. The summed E-state index contributed by atoms with van der Waals surface area (Å²) in [7, 11) is 0. The van der Waals surface area contributed by atoms with E-state index in [-0.39, 0.29) is 6.42 Å². The molecule has 0 spiro atoms. The first kappa shape index (κ1) is 128. The average molecular weight is 2130 g/mol. The Morgan fingerprint density at radius 3 is 1.20 bits per heavy atom. The van der Waals surface area contributed by atoms with E-state index in [1.54, 1.807) is 6.08 Å². The Labute approximate surface area is 852 Å². The number of rotatable bonds is 66. The van der Waals surface area contributed by atoms with E-state index in [1.807, 2.05) is 0 Å². The van der Waals surface area contributed by atoms with Crippen molar-refractivity contribution in [2.24, 2.45) is 5.92 Å². The number of allylic oxidation sites excluding steroid dienone is 3. The molecule has 51 nitrogen and oxygen atoms in total. The molecule has 7 aliphatic heterocycles. The van der Waals surface area contributed by atoms with Crippen molar-refractivity contribution in [3.63, 3.8) is 0 Å². The molecule has 40 atom stereocenters. The smallest absolute Gasteiger partial charge is 0.364 e. The quantitative estimate of drug-likeness (QED) is 0.0199. The van der Waals surface area contributed by atoms with Crippen LogP contribution in [0.3, 0.4) is 0 Å². The number of carbonyl (C=O) groups is 8. The molecule has 7 fully saturated rings. The fourth-order valence-electron chi connectivity index (χ4n) is 19.4. The number of carboxylic acid groups (broad SMARTS) is 3. The van der Waals surface area contributed by atoms with Gasteiger partial charge in [0.15, 0.2) is 25.2 Å². The molecule has 7 heterocycles.